The average molecular weight is 687 g/mol. The standard InChI is InChI=1S/C30H30N12O4S2/c1-5-45-27(43)19-7-11-21(12-8-19)31-35-25-17(3)39-41-23(33-37-29(41)47-25)15-16-24-34-38-30-42(24)40-18(4)26(48-30)36-32-22-13-9-20(10-14-22)28(44)46-6-2/h7-14,31-32H,5-6,15-16H2,1-4H3/b35-25-,36-26+. The van der Waals surface area contributed by atoms with Crippen LogP contribution in [0, 0.1) is 13.8 Å². The van der Waals surface area contributed by atoms with Crippen LogP contribution in [0.2, 0.25) is 0 Å². The maximum absolute atomic E-state index is 11.9. The highest BCUT2D eigenvalue weighted by Gasteiger charge is 2.14. The molecule has 4 heterocycles. The van der Waals surface area contributed by atoms with Gasteiger partial charge < -0.3 is 9.47 Å². The molecule has 2 aromatic carbocycles. The van der Waals surface area contributed by atoms with E-state index in [2.05, 4.69) is 51.6 Å². The van der Waals surface area contributed by atoms with Crippen molar-refractivity contribution in [3.05, 3.63) is 92.0 Å². The molecule has 246 valence electrons. The number of aryl methyl sites for hydroxylation is 4. The summed E-state index contributed by atoms with van der Waals surface area (Å²) in [5.74, 6) is 0.598. The van der Waals surface area contributed by atoms with Gasteiger partial charge in [0.05, 0.1) is 47.1 Å². The Kier molecular flexibility index (Phi) is 9.72. The molecule has 4 aromatic heterocycles. The number of aromatic nitrogens is 8. The number of carbonyl (C=O) groups is 2. The third kappa shape index (κ3) is 7.18. The van der Waals surface area contributed by atoms with Crippen molar-refractivity contribution in [2.45, 2.75) is 40.5 Å². The van der Waals surface area contributed by atoms with Gasteiger partial charge in [-0.3, -0.25) is 10.9 Å². The Balaban J connectivity index is 1.13. The van der Waals surface area contributed by atoms with Gasteiger partial charge in [-0.05, 0) is 76.2 Å². The number of esters is 2. The number of benzene rings is 2. The zero-order valence-electron chi connectivity index (χ0n) is 26.4. The van der Waals surface area contributed by atoms with Gasteiger partial charge in [-0.25, -0.2) is 9.59 Å². The summed E-state index contributed by atoms with van der Waals surface area (Å²) in [6.45, 7) is 7.90. The zero-order chi connectivity index (χ0) is 33.6. The zero-order valence-corrected chi connectivity index (χ0v) is 28.0. The van der Waals surface area contributed by atoms with Crippen LogP contribution in [-0.2, 0) is 22.3 Å². The summed E-state index contributed by atoms with van der Waals surface area (Å²) in [6, 6.07) is 13.7. The van der Waals surface area contributed by atoms with E-state index < -0.39 is 0 Å². The fraction of sp³-hybridized carbons (Fsp3) is 0.267. The number of rotatable bonds is 11. The van der Waals surface area contributed by atoms with Crippen LogP contribution in [0.4, 0.5) is 11.4 Å². The minimum Gasteiger partial charge on any atom is -0.462 e. The van der Waals surface area contributed by atoms with Crippen molar-refractivity contribution < 1.29 is 19.1 Å². The van der Waals surface area contributed by atoms with E-state index in [1.165, 1.54) is 22.7 Å². The monoisotopic (exact) mass is 686 g/mol. The summed E-state index contributed by atoms with van der Waals surface area (Å²) in [5.41, 5.74) is 9.74. The van der Waals surface area contributed by atoms with Gasteiger partial charge >= 0.3 is 11.9 Å². The summed E-state index contributed by atoms with van der Waals surface area (Å²) in [7, 11) is 0. The lowest BCUT2D eigenvalue weighted by Crippen LogP contribution is -2.14. The van der Waals surface area contributed by atoms with Crippen molar-refractivity contribution in [1.82, 2.24) is 39.6 Å². The van der Waals surface area contributed by atoms with E-state index in [9.17, 15) is 9.59 Å². The summed E-state index contributed by atoms with van der Waals surface area (Å²) in [6.07, 6.45) is 1.01. The second-order valence-electron chi connectivity index (χ2n) is 10.1. The van der Waals surface area contributed by atoms with Crippen molar-refractivity contribution in [2.24, 2.45) is 10.2 Å². The molecule has 0 aliphatic heterocycles. The Morgan fingerprint density at radius 1 is 0.667 bits per heavy atom. The second-order valence-corrected chi connectivity index (χ2v) is 12.1. The van der Waals surface area contributed by atoms with Crippen LogP contribution in [0.25, 0.3) is 9.92 Å². The lowest BCUT2D eigenvalue weighted by atomic mass is 10.2. The number of fused-ring (bicyclic) bond motifs is 2. The van der Waals surface area contributed by atoms with Crippen molar-refractivity contribution in [2.75, 3.05) is 24.1 Å². The first-order valence-corrected chi connectivity index (χ1v) is 16.5. The molecule has 0 spiro atoms. The van der Waals surface area contributed by atoms with E-state index in [0.717, 1.165) is 0 Å². The van der Waals surface area contributed by atoms with Gasteiger partial charge in [0, 0.05) is 12.8 Å². The molecule has 0 radical (unpaired) electrons. The molecule has 16 nitrogen and oxygen atoms in total. The van der Waals surface area contributed by atoms with Crippen molar-refractivity contribution >= 4 is 55.9 Å². The van der Waals surface area contributed by atoms with E-state index in [1.54, 1.807) is 71.4 Å². The summed E-state index contributed by atoms with van der Waals surface area (Å²) in [5, 5.41) is 35.6. The van der Waals surface area contributed by atoms with E-state index in [-0.39, 0.29) is 11.9 Å². The number of nitrogens with one attached hydrogen (secondary N) is 2. The Morgan fingerprint density at radius 2 is 1.06 bits per heavy atom. The van der Waals surface area contributed by atoms with Crippen LogP contribution in [0.3, 0.4) is 0 Å². The number of carbonyl (C=O) groups excluding carboxylic acids is 2. The molecule has 2 N–H and O–H groups in total. The number of ether oxygens (including phenoxy) is 2. The third-order valence-electron chi connectivity index (χ3n) is 6.79. The fourth-order valence-electron chi connectivity index (χ4n) is 4.39. The minimum absolute atomic E-state index is 0.319. The van der Waals surface area contributed by atoms with Crippen LogP contribution < -0.4 is 20.2 Å². The molecule has 0 unspecified atom stereocenters. The highest BCUT2D eigenvalue weighted by Crippen LogP contribution is 2.14. The number of hydrogen-bond donors (Lipinski definition) is 2. The van der Waals surface area contributed by atoms with Crippen molar-refractivity contribution in [3.8, 4) is 0 Å². The lowest BCUT2D eigenvalue weighted by Gasteiger charge is -2.04. The van der Waals surface area contributed by atoms with Gasteiger partial charge in [-0.15, -0.1) is 20.4 Å². The lowest BCUT2D eigenvalue weighted by molar-refractivity contribution is 0.0517. The Bertz CT molecular complexity index is 2080. The van der Waals surface area contributed by atoms with E-state index in [4.69, 9.17) is 9.47 Å². The first kappa shape index (κ1) is 32.3. The van der Waals surface area contributed by atoms with Crippen LogP contribution in [0.15, 0.2) is 58.7 Å². The molecular formula is C30H30N12O4S2. The van der Waals surface area contributed by atoms with Crippen LogP contribution in [0.1, 0.15) is 57.6 Å². The Morgan fingerprint density at radius 3 is 1.44 bits per heavy atom. The highest BCUT2D eigenvalue weighted by atomic mass is 32.1. The van der Waals surface area contributed by atoms with Crippen LogP contribution in [0.5, 0.6) is 0 Å². The van der Waals surface area contributed by atoms with E-state index >= 15 is 0 Å². The SMILES string of the molecule is CCOC(=O)c1ccc(N/N=c2\sc3nnc(CCc4nnc5s/c(=N/Nc6ccc(C(=O)OCC)cc6)c(C)nn45)n3nc2C)cc1. The summed E-state index contributed by atoms with van der Waals surface area (Å²) < 4.78 is 14.8. The molecule has 48 heavy (non-hydrogen) atoms. The van der Waals surface area contributed by atoms with Gasteiger partial charge in [0.2, 0.25) is 9.92 Å². The third-order valence-corrected chi connectivity index (χ3v) is 8.82. The molecule has 0 fully saturated rings. The molecular weight excluding hydrogens is 657 g/mol. The number of anilines is 2. The van der Waals surface area contributed by atoms with Gasteiger partial charge in [-0.2, -0.15) is 29.4 Å². The molecule has 0 saturated heterocycles. The van der Waals surface area contributed by atoms with Crippen LogP contribution in [-0.4, -0.2) is 64.8 Å². The van der Waals surface area contributed by atoms with Crippen molar-refractivity contribution in [3.63, 3.8) is 0 Å². The number of hydrogen-bond acceptors (Lipinski definition) is 16. The summed E-state index contributed by atoms with van der Waals surface area (Å²) in [4.78, 5) is 25.0. The Labute approximate surface area is 280 Å². The smallest absolute Gasteiger partial charge is 0.338 e. The van der Waals surface area contributed by atoms with Gasteiger partial charge in [-0.1, -0.05) is 22.7 Å². The predicted octanol–water partition coefficient (Wildman–Crippen LogP) is 3.30. The molecule has 6 aromatic rings. The normalized spacial score (nSPS) is 12.1. The molecule has 0 amide bonds. The van der Waals surface area contributed by atoms with Gasteiger partial charge in [0.1, 0.15) is 0 Å². The first-order valence-electron chi connectivity index (χ1n) is 14.9. The molecule has 6 rings (SSSR count). The molecule has 18 heteroatoms. The Hall–Kier alpha value is -5.62. The molecule has 0 aliphatic rings. The quantitative estimate of drug-likeness (QED) is 0.150. The topological polar surface area (TPSA) is 188 Å². The largest absolute Gasteiger partial charge is 0.462 e. The first-order chi connectivity index (χ1) is 23.3. The minimum atomic E-state index is -0.368. The predicted molar refractivity (Wildman–Crippen MR) is 177 cm³/mol. The van der Waals surface area contributed by atoms with Gasteiger partial charge in [0.25, 0.3) is 0 Å². The van der Waals surface area contributed by atoms with Crippen LogP contribution >= 0.6 is 22.7 Å². The second kappa shape index (κ2) is 14.4. The maximum atomic E-state index is 11.9. The number of nitrogens with zero attached hydrogens (tertiary/aromatic N) is 10. The highest BCUT2D eigenvalue weighted by molar-refractivity contribution is 7.14. The summed E-state index contributed by atoms with van der Waals surface area (Å²) >= 11 is 2.69. The molecule has 0 atom stereocenters. The fourth-order valence-corrected chi connectivity index (χ4v) is 5.92. The molecule has 0 bridgehead atoms. The van der Waals surface area contributed by atoms with Crippen molar-refractivity contribution in [1.29, 1.82) is 0 Å². The maximum Gasteiger partial charge on any atom is 0.338 e. The van der Waals surface area contributed by atoms with E-state index in [1.807, 2.05) is 13.8 Å². The molecule has 0 saturated carbocycles. The molecule has 0 aliphatic carbocycles. The van der Waals surface area contributed by atoms with Gasteiger partial charge in [0.15, 0.2) is 21.0 Å². The average Bonchev–Trinajstić information content (AvgIpc) is 3.68. The van der Waals surface area contributed by atoms with E-state index in [0.29, 0.717) is 90.9 Å².